The summed E-state index contributed by atoms with van der Waals surface area (Å²) in [5.41, 5.74) is 29.7. The highest BCUT2D eigenvalue weighted by atomic mass is 15.0. The maximum absolute atomic E-state index is 5.58. The third kappa shape index (κ3) is 13.4. The van der Waals surface area contributed by atoms with E-state index in [4.69, 9.17) is 29.9 Å². The summed E-state index contributed by atoms with van der Waals surface area (Å²) in [5, 5.41) is 23.6. The van der Waals surface area contributed by atoms with E-state index in [0.29, 0.717) is 0 Å². The van der Waals surface area contributed by atoms with Gasteiger partial charge < -0.3 is 13.7 Å². The summed E-state index contributed by atoms with van der Waals surface area (Å²) in [5.74, 6) is 0. The van der Waals surface area contributed by atoms with Gasteiger partial charge in [0.1, 0.15) is 0 Å². The van der Waals surface area contributed by atoms with Crippen LogP contribution in [0.4, 0.5) is 0 Å². The molecule has 0 aliphatic carbocycles. The Morgan fingerprint density at radius 2 is 0.317 bits per heavy atom. The van der Waals surface area contributed by atoms with E-state index in [0.717, 1.165) is 155 Å². The number of nitrogens with zero attached hydrogens (tertiary/aromatic N) is 9. The van der Waals surface area contributed by atoms with Crippen molar-refractivity contribution in [2.75, 3.05) is 0 Å². The minimum absolute atomic E-state index is 0.864. The van der Waals surface area contributed by atoms with Crippen molar-refractivity contribution in [2.24, 2.45) is 0 Å². The number of aromatic nitrogens is 9. The fraction of sp³-hybridized carbons (Fsp3) is 0. The van der Waals surface area contributed by atoms with Gasteiger partial charge in [-0.15, -0.1) is 0 Å². The zero-order chi connectivity index (χ0) is 91.5. The molecule has 29 rings (SSSR count). The summed E-state index contributed by atoms with van der Waals surface area (Å²) in [6, 6.07) is 174. The van der Waals surface area contributed by atoms with E-state index in [1.807, 2.05) is 6.07 Å². The second-order valence-corrected chi connectivity index (χ2v) is 35.7. The number of benzene rings is 23. The second kappa shape index (κ2) is 33.2. The highest BCUT2D eigenvalue weighted by Crippen LogP contribution is 2.47. The highest BCUT2D eigenvalue weighted by molar-refractivity contribution is 6.27. The molecule has 29 aromatic rings. The molecule has 23 aromatic carbocycles. The van der Waals surface area contributed by atoms with Crippen molar-refractivity contribution in [1.82, 2.24) is 43.6 Å². The van der Waals surface area contributed by atoms with Crippen LogP contribution >= 0.6 is 0 Å². The lowest BCUT2D eigenvalue weighted by atomic mass is 9.96. The predicted molar refractivity (Wildman–Crippen MR) is 582 cm³/mol. The van der Waals surface area contributed by atoms with Gasteiger partial charge in [0.25, 0.3) is 0 Å². The normalized spacial score (nSPS) is 11.7. The van der Waals surface area contributed by atoms with Gasteiger partial charge >= 0.3 is 0 Å². The molecule has 0 saturated carbocycles. The molecule has 0 spiro atoms. The smallest absolute Gasteiger partial charge is 0.0979 e. The van der Waals surface area contributed by atoms with Crippen molar-refractivity contribution in [3.63, 3.8) is 0 Å². The Hall–Kier alpha value is -18.7. The van der Waals surface area contributed by atoms with Gasteiger partial charge in [-0.1, -0.05) is 419 Å². The summed E-state index contributed by atoms with van der Waals surface area (Å²) in [6.45, 7) is 0. The van der Waals surface area contributed by atoms with Crippen molar-refractivity contribution in [2.45, 2.75) is 0 Å². The summed E-state index contributed by atoms with van der Waals surface area (Å²) in [7, 11) is 0. The van der Waals surface area contributed by atoms with Gasteiger partial charge in [-0.25, -0.2) is 29.9 Å². The van der Waals surface area contributed by atoms with Crippen molar-refractivity contribution in [3.05, 3.63) is 491 Å². The van der Waals surface area contributed by atoms with Crippen molar-refractivity contribution < 1.29 is 0 Å². The minimum atomic E-state index is 0.864. The fourth-order valence-corrected chi connectivity index (χ4v) is 21.6. The summed E-state index contributed by atoms with van der Waals surface area (Å²) in [6.07, 6.45) is 0. The lowest BCUT2D eigenvalue weighted by Gasteiger charge is -2.16. The van der Waals surface area contributed by atoms with Crippen LogP contribution in [0.3, 0.4) is 0 Å². The van der Waals surface area contributed by atoms with Gasteiger partial charge in [0.05, 0.1) is 100 Å². The van der Waals surface area contributed by atoms with E-state index < -0.39 is 0 Å². The maximum Gasteiger partial charge on any atom is 0.0979 e. The van der Waals surface area contributed by atoms with Crippen LogP contribution in [0.15, 0.2) is 491 Å². The van der Waals surface area contributed by atoms with Crippen molar-refractivity contribution in [1.29, 1.82) is 0 Å². The molecule has 6 heterocycles. The topological polar surface area (TPSA) is 92.1 Å². The first-order valence-corrected chi connectivity index (χ1v) is 47.3. The molecule has 0 bridgehead atoms. The Morgan fingerprint density at radius 3 is 0.626 bits per heavy atom. The van der Waals surface area contributed by atoms with Gasteiger partial charge in [0.2, 0.25) is 0 Å². The van der Waals surface area contributed by atoms with Gasteiger partial charge in [-0.05, 0) is 127 Å². The lowest BCUT2D eigenvalue weighted by Crippen LogP contribution is -1.99. The maximum atomic E-state index is 5.58. The van der Waals surface area contributed by atoms with E-state index in [1.54, 1.807) is 0 Å². The Morgan fingerprint density at radius 1 is 0.122 bits per heavy atom. The molecule has 0 unspecified atom stereocenters. The van der Waals surface area contributed by atoms with Crippen LogP contribution < -0.4 is 0 Å². The molecule has 0 saturated heterocycles. The highest BCUT2D eigenvalue weighted by Gasteiger charge is 2.26. The monoisotopic (exact) mass is 1770 g/mol. The molecule has 0 fully saturated rings. The van der Waals surface area contributed by atoms with Crippen LogP contribution in [-0.2, 0) is 0 Å². The average Bonchev–Trinajstić information content (AvgIpc) is 1.07. The third-order valence-corrected chi connectivity index (χ3v) is 27.9. The van der Waals surface area contributed by atoms with Gasteiger partial charge in [-0.3, -0.25) is 0 Å². The van der Waals surface area contributed by atoms with Crippen LogP contribution in [0.25, 0.3) is 270 Å². The molecular weight excluding hydrogens is 1690 g/mol. The molecular formula is C130H81N9. The van der Waals surface area contributed by atoms with Gasteiger partial charge in [0, 0.05) is 115 Å². The van der Waals surface area contributed by atoms with E-state index in [1.165, 1.54) is 114 Å². The predicted octanol–water partition coefficient (Wildman–Crippen LogP) is 33.9. The van der Waals surface area contributed by atoms with E-state index in [2.05, 4.69) is 499 Å². The van der Waals surface area contributed by atoms with E-state index in [-0.39, 0.29) is 0 Å². The van der Waals surface area contributed by atoms with E-state index >= 15 is 0 Å². The number of fused-ring (bicyclic) bond motifs is 28. The molecule has 6 aromatic heterocycles. The zero-order valence-corrected chi connectivity index (χ0v) is 75.3. The first-order valence-electron chi connectivity index (χ1n) is 47.3. The summed E-state index contributed by atoms with van der Waals surface area (Å²) in [4.78, 5) is 33.1. The first kappa shape index (κ1) is 80.0. The molecule has 0 N–H and O–H groups in total. The number of hydrogen-bond acceptors (Lipinski definition) is 6. The van der Waals surface area contributed by atoms with Crippen molar-refractivity contribution >= 4 is 174 Å². The van der Waals surface area contributed by atoms with Crippen LogP contribution in [-0.4, -0.2) is 43.6 Å². The Kier molecular flexibility index (Phi) is 19.1. The van der Waals surface area contributed by atoms with Crippen LogP contribution in [0, 0.1) is 0 Å². The molecule has 0 aliphatic rings. The van der Waals surface area contributed by atoms with Crippen molar-refractivity contribution in [3.8, 4) is 95.7 Å². The quantitative estimate of drug-likeness (QED) is 0.127. The average molecular weight is 1770 g/mol. The zero-order valence-electron chi connectivity index (χ0n) is 75.3. The van der Waals surface area contributed by atoms with Gasteiger partial charge in [0.15, 0.2) is 0 Å². The first-order chi connectivity index (χ1) is 69.0. The molecule has 9 heteroatoms. The molecule has 0 atom stereocenters. The number of hydrogen-bond donors (Lipinski definition) is 0. The Bertz CT molecular complexity index is 9890. The summed E-state index contributed by atoms with van der Waals surface area (Å²) >= 11 is 0. The van der Waals surface area contributed by atoms with Gasteiger partial charge in [-0.2, -0.15) is 0 Å². The number of para-hydroxylation sites is 6. The van der Waals surface area contributed by atoms with Crippen LogP contribution in [0.5, 0.6) is 0 Å². The second-order valence-electron chi connectivity index (χ2n) is 35.7. The fourth-order valence-electron chi connectivity index (χ4n) is 21.6. The molecule has 139 heavy (non-hydrogen) atoms. The SMILES string of the molecule is c1cc(-c2nc3c4ccccc4c4ccccc4c3nc2-c2cccc3ccccc23)cc(-n2c3ccccc3c3ccccc32)c1.c1ccc(-c2ccc(-c3nc4c5ccccc5c5ccccc5c4nc3-c3cccc(-n4c5ccccc5c5ccccc54)c3)cc2)cc1.c1ccc(-c2nc3c4ccccc4c4ccccc4c3nc2-c2cccc(-n3c4ccccc4c4ccccc43)c2)cc1. The number of rotatable bonds is 10. The largest absolute Gasteiger partial charge is 0.309 e. The standard InChI is InChI=1S/C46H29N3.C44H27N3.C40H25N3/c1-2-13-30(14-3-1)31-25-27-32(28-26-31)43-44(48-46-40-22-7-5-18-36(40)35-17-4-6-21-39(35)45(46)47-43)33-15-12-16-34(29-33)49-41-23-10-8-19-37(41)38-20-9-11-24-42(38)49;1-2-17-31-28(13-1)14-12-24-36(31)42-41(45-43-37-22-5-3-18-32(37)33-19-4-6-23-38(33)44(43)46-42)29-15-11-16-30(27-29)47-39-25-9-7-20-34(39)35-21-8-10-26-40(35)47;1-2-13-26(14-3-1)37-38(42-40-34-22-7-5-18-30(34)29-17-4-6-21-33(29)39(40)41-37)27-15-12-16-28(25-27)43-35-23-10-8-19-31(35)32-20-9-11-24-36(32)43/h1-29H;1-27H;1-25H. The molecule has 0 aliphatic heterocycles. The lowest BCUT2D eigenvalue weighted by molar-refractivity contribution is 1.18. The van der Waals surface area contributed by atoms with E-state index in [9.17, 15) is 0 Å². The minimum Gasteiger partial charge on any atom is -0.309 e. The molecule has 646 valence electrons. The summed E-state index contributed by atoms with van der Waals surface area (Å²) < 4.78 is 7.08. The van der Waals surface area contributed by atoms with Crippen LogP contribution in [0.1, 0.15) is 0 Å². The molecule has 0 amide bonds. The molecule has 9 nitrogen and oxygen atoms in total. The molecule has 0 radical (unpaired) electrons. The third-order valence-electron chi connectivity index (χ3n) is 27.9. The Labute approximate surface area is 799 Å². The van der Waals surface area contributed by atoms with Crippen LogP contribution in [0.2, 0.25) is 0 Å². The Balaban J connectivity index is 0.000000105.